The van der Waals surface area contributed by atoms with Crippen LogP contribution in [0.2, 0.25) is 0 Å². The molecule has 2 aromatic rings. The Morgan fingerprint density at radius 3 is 2.90 bits per heavy atom. The van der Waals surface area contributed by atoms with Gasteiger partial charge in [-0.15, -0.1) is 0 Å². The first-order valence-corrected chi connectivity index (χ1v) is 6.56. The topological polar surface area (TPSA) is 84.2 Å². The van der Waals surface area contributed by atoms with E-state index in [-0.39, 0.29) is 11.8 Å². The maximum atomic E-state index is 11.8. The molecule has 1 aliphatic rings. The lowest BCUT2D eigenvalue weighted by Gasteiger charge is -2.13. The van der Waals surface area contributed by atoms with Crippen LogP contribution in [0.1, 0.15) is 35.5 Å². The van der Waals surface area contributed by atoms with E-state index in [1.54, 1.807) is 18.5 Å². The van der Waals surface area contributed by atoms with Crippen molar-refractivity contribution in [3.8, 4) is 0 Å². The van der Waals surface area contributed by atoms with Crippen molar-refractivity contribution >= 4 is 11.9 Å². The van der Waals surface area contributed by atoms with Gasteiger partial charge >= 0.3 is 5.91 Å². The third-order valence-electron chi connectivity index (χ3n) is 3.02. The Labute approximate surface area is 116 Å². The first kappa shape index (κ1) is 12.6. The van der Waals surface area contributed by atoms with Crippen LogP contribution >= 0.6 is 0 Å². The van der Waals surface area contributed by atoms with E-state index in [1.165, 1.54) is 0 Å². The zero-order chi connectivity index (χ0) is 13.9. The summed E-state index contributed by atoms with van der Waals surface area (Å²) in [6, 6.07) is 1.77. The summed E-state index contributed by atoms with van der Waals surface area (Å²) in [7, 11) is 0. The minimum atomic E-state index is -0.260. The van der Waals surface area contributed by atoms with Crippen LogP contribution < -0.4 is 10.2 Å². The Morgan fingerprint density at radius 2 is 2.20 bits per heavy atom. The van der Waals surface area contributed by atoms with Crippen LogP contribution in [0.25, 0.3) is 0 Å². The fourth-order valence-corrected chi connectivity index (χ4v) is 2.05. The number of anilines is 1. The molecule has 0 atom stereocenters. The van der Waals surface area contributed by atoms with Crippen molar-refractivity contribution in [3.63, 3.8) is 0 Å². The molecule has 0 unspecified atom stereocenters. The average molecular weight is 273 g/mol. The van der Waals surface area contributed by atoms with Gasteiger partial charge in [0.1, 0.15) is 11.5 Å². The minimum absolute atomic E-state index is 0.136. The highest BCUT2D eigenvalue weighted by atomic mass is 16.4. The molecular formula is C13H15N5O2. The molecule has 7 heteroatoms. The molecule has 0 saturated carbocycles. The van der Waals surface area contributed by atoms with Gasteiger partial charge in [0.05, 0.1) is 13.1 Å². The SMILES string of the molecule is CCCNC(=O)c1nc2c(o1)CN(c1ncccn1)C2. The lowest BCUT2D eigenvalue weighted by Crippen LogP contribution is -2.25. The van der Waals surface area contributed by atoms with Gasteiger partial charge < -0.3 is 14.6 Å². The van der Waals surface area contributed by atoms with Crippen LogP contribution in [-0.2, 0) is 13.1 Å². The molecule has 0 aliphatic carbocycles. The Bertz CT molecular complexity index is 587. The molecule has 0 fully saturated rings. The van der Waals surface area contributed by atoms with Crippen molar-refractivity contribution in [1.82, 2.24) is 20.3 Å². The van der Waals surface area contributed by atoms with E-state index in [0.717, 1.165) is 12.1 Å². The molecule has 1 aliphatic heterocycles. The van der Waals surface area contributed by atoms with E-state index < -0.39 is 0 Å². The summed E-state index contributed by atoms with van der Waals surface area (Å²) in [4.78, 5) is 26.3. The molecule has 0 bridgehead atoms. The van der Waals surface area contributed by atoms with E-state index in [0.29, 0.717) is 31.3 Å². The monoisotopic (exact) mass is 273 g/mol. The molecule has 0 saturated heterocycles. The molecule has 104 valence electrons. The van der Waals surface area contributed by atoms with Crippen molar-refractivity contribution in [1.29, 1.82) is 0 Å². The number of oxazole rings is 1. The van der Waals surface area contributed by atoms with E-state index in [2.05, 4.69) is 20.3 Å². The van der Waals surface area contributed by atoms with Gasteiger partial charge in [0.25, 0.3) is 5.89 Å². The van der Waals surface area contributed by atoms with Gasteiger partial charge in [-0.25, -0.2) is 15.0 Å². The second-order valence-electron chi connectivity index (χ2n) is 4.55. The predicted molar refractivity (Wildman–Crippen MR) is 71.0 cm³/mol. The lowest BCUT2D eigenvalue weighted by molar-refractivity contribution is 0.0917. The van der Waals surface area contributed by atoms with E-state index in [9.17, 15) is 4.79 Å². The number of aromatic nitrogens is 3. The number of fused-ring (bicyclic) bond motifs is 1. The summed E-state index contributed by atoms with van der Waals surface area (Å²) < 4.78 is 5.52. The molecule has 0 radical (unpaired) electrons. The van der Waals surface area contributed by atoms with Gasteiger partial charge in [-0.3, -0.25) is 4.79 Å². The largest absolute Gasteiger partial charge is 0.435 e. The second-order valence-corrected chi connectivity index (χ2v) is 4.55. The Morgan fingerprint density at radius 1 is 1.40 bits per heavy atom. The van der Waals surface area contributed by atoms with Gasteiger partial charge in [-0.1, -0.05) is 6.92 Å². The number of nitrogens with zero attached hydrogens (tertiary/aromatic N) is 4. The molecule has 0 spiro atoms. The lowest BCUT2D eigenvalue weighted by atomic mass is 10.4. The molecule has 3 rings (SSSR count). The zero-order valence-corrected chi connectivity index (χ0v) is 11.2. The van der Waals surface area contributed by atoms with Crippen molar-refractivity contribution in [2.75, 3.05) is 11.4 Å². The first-order valence-electron chi connectivity index (χ1n) is 6.56. The Hall–Kier alpha value is -2.44. The van der Waals surface area contributed by atoms with Crippen molar-refractivity contribution < 1.29 is 9.21 Å². The van der Waals surface area contributed by atoms with Crippen molar-refractivity contribution in [3.05, 3.63) is 35.8 Å². The van der Waals surface area contributed by atoms with Gasteiger partial charge in [-0.05, 0) is 12.5 Å². The number of hydrogen-bond acceptors (Lipinski definition) is 6. The highest BCUT2D eigenvalue weighted by Crippen LogP contribution is 2.25. The van der Waals surface area contributed by atoms with Crippen LogP contribution in [0.5, 0.6) is 0 Å². The Balaban J connectivity index is 1.71. The highest BCUT2D eigenvalue weighted by Gasteiger charge is 2.28. The van der Waals surface area contributed by atoms with Crippen molar-refractivity contribution in [2.45, 2.75) is 26.4 Å². The number of hydrogen-bond donors (Lipinski definition) is 1. The number of nitrogens with one attached hydrogen (secondary N) is 1. The molecule has 1 amide bonds. The maximum Gasteiger partial charge on any atom is 0.307 e. The molecule has 7 nitrogen and oxygen atoms in total. The van der Waals surface area contributed by atoms with Crippen LogP contribution in [-0.4, -0.2) is 27.4 Å². The molecule has 2 aromatic heterocycles. The second kappa shape index (κ2) is 5.28. The normalized spacial score (nSPS) is 13.3. The quantitative estimate of drug-likeness (QED) is 0.898. The summed E-state index contributed by atoms with van der Waals surface area (Å²) in [5.74, 6) is 1.22. The fraction of sp³-hybridized carbons (Fsp3) is 0.385. The van der Waals surface area contributed by atoms with Gasteiger partial charge in [0, 0.05) is 18.9 Å². The average Bonchev–Trinajstić information content (AvgIpc) is 3.04. The highest BCUT2D eigenvalue weighted by molar-refractivity contribution is 5.89. The zero-order valence-electron chi connectivity index (χ0n) is 11.2. The van der Waals surface area contributed by atoms with Gasteiger partial charge in [-0.2, -0.15) is 0 Å². The van der Waals surface area contributed by atoms with Crippen LogP contribution in [0.15, 0.2) is 22.9 Å². The summed E-state index contributed by atoms with van der Waals surface area (Å²) in [6.07, 6.45) is 4.27. The van der Waals surface area contributed by atoms with E-state index in [4.69, 9.17) is 4.42 Å². The van der Waals surface area contributed by atoms with E-state index >= 15 is 0 Å². The standard InChI is InChI=1S/C13H15N5O2/c1-2-4-14-11(19)12-17-9-7-18(8-10(9)20-12)13-15-5-3-6-16-13/h3,5-6H,2,4,7-8H2,1H3,(H,14,19). The summed E-state index contributed by atoms with van der Waals surface area (Å²) in [5.41, 5.74) is 0.777. The minimum Gasteiger partial charge on any atom is -0.435 e. The maximum absolute atomic E-state index is 11.8. The van der Waals surface area contributed by atoms with Gasteiger partial charge in [0.2, 0.25) is 5.95 Å². The summed E-state index contributed by atoms with van der Waals surface area (Å²) in [6.45, 7) is 3.71. The van der Waals surface area contributed by atoms with Crippen LogP contribution in [0.4, 0.5) is 5.95 Å². The number of carbonyl (C=O) groups is 1. The van der Waals surface area contributed by atoms with E-state index in [1.807, 2.05) is 11.8 Å². The number of amides is 1. The number of carbonyl (C=O) groups excluding carboxylic acids is 1. The molecule has 20 heavy (non-hydrogen) atoms. The summed E-state index contributed by atoms with van der Waals surface area (Å²) >= 11 is 0. The molecule has 3 heterocycles. The van der Waals surface area contributed by atoms with Gasteiger partial charge in [0.15, 0.2) is 0 Å². The predicted octanol–water partition coefficient (Wildman–Crippen LogP) is 1.12. The first-order chi connectivity index (χ1) is 9.78. The van der Waals surface area contributed by atoms with Crippen LogP contribution in [0, 0.1) is 0 Å². The molecule has 0 aromatic carbocycles. The third kappa shape index (κ3) is 2.34. The number of rotatable bonds is 4. The van der Waals surface area contributed by atoms with Crippen molar-refractivity contribution in [2.24, 2.45) is 0 Å². The Kier molecular flexibility index (Phi) is 3.32. The third-order valence-corrected chi connectivity index (χ3v) is 3.02. The molecule has 1 N–H and O–H groups in total. The summed E-state index contributed by atoms with van der Waals surface area (Å²) in [5, 5.41) is 2.75. The fourth-order valence-electron chi connectivity index (χ4n) is 2.05. The van der Waals surface area contributed by atoms with Crippen LogP contribution in [0.3, 0.4) is 0 Å². The smallest absolute Gasteiger partial charge is 0.307 e. The molecular weight excluding hydrogens is 258 g/mol.